The first-order chi connectivity index (χ1) is 11.5. The van der Waals surface area contributed by atoms with E-state index in [1.807, 2.05) is 38.1 Å². The Balaban J connectivity index is 2.03. The third-order valence-corrected chi connectivity index (χ3v) is 3.88. The van der Waals surface area contributed by atoms with Crippen LogP contribution < -0.4 is 10.2 Å². The molecule has 0 bridgehead atoms. The van der Waals surface area contributed by atoms with Crippen LogP contribution in [0.15, 0.2) is 54.1 Å². The Hall–Kier alpha value is -3.21. The third-order valence-electron chi connectivity index (χ3n) is 3.88. The maximum Gasteiger partial charge on any atom is 0.335 e. The average molecular weight is 320 g/mol. The molecule has 0 radical (unpaired) electrons. The highest BCUT2D eigenvalue weighted by molar-refractivity contribution is 6.39. The van der Waals surface area contributed by atoms with E-state index in [-0.39, 0.29) is 5.57 Å². The van der Waals surface area contributed by atoms with E-state index in [1.54, 1.807) is 24.3 Å². The van der Waals surface area contributed by atoms with Crippen LogP contribution in [0.25, 0.3) is 6.08 Å². The number of benzene rings is 2. The molecule has 4 amide bonds. The van der Waals surface area contributed by atoms with Gasteiger partial charge in [0.25, 0.3) is 11.8 Å². The van der Waals surface area contributed by atoms with Gasteiger partial charge in [-0.25, -0.2) is 9.69 Å². The van der Waals surface area contributed by atoms with Gasteiger partial charge in [0.15, 0.2) is 0 Å². The molecule has 3 rings (SSSR count). The highest BCUT2D eigenvalue weighted by Gasteiger charge is 2.36. The van der Waals surface area contributed by atoms with Crippen LogP contribution in [-0.2, 0) is 9.59 Å². The largest absolute Gasteiger partial charge is 0.335 e. The molecule has 120 valence electrons. The molecule has 2 aromatic rings. The van der Waals surface area contributed by atoms with Gasteiger partial charge in [0.05, 0.1) is 5.69 Å². The highest BCUT2D eigenvalue weighted by Crippen LogP contribution is 2.22. The molecule has 24 heavy (non-hydrogen) atoms. The second-order valence-corrected chi connectivity index (χ2v) is 5.65. The topological polar surface area (TPSA) is 66.5 Å². The summed E-state index contributed by atoms with van der Waals surface area (Å²) in [6, 6.07) is 13.6. The number of rotatable bonds is 2. The minimum Gasteiger partial charge on any atom is -0.273 e. The van der Waals surface area contributed by atoms with E-state index >= 15 is 0 Å². The molecule has 1 aliphatic heterocycles. The van der Waals surface area contributed by atoms with Gasteiger partial charge in [-0.15, -0.1) is 0 Å². The lowest BCUT2D eigenvalue weighted by molar-refractivity contribution is -0.122. The summed E-state index contributed by atoms with van der Waals surface area (Å²) in [7, 11) is 0. The summed E-state index contributed by atoms with van der Waals surface area (Å²) in [5, 5.41) is 2.22. The Kier molecular flexibility index (Phi) is 4.00. The summed E-state index contributed by atoms with van der Waals surface area (Å²) in [5.41, 5.74) is 3.06. The van der Waals surface area contributed by atoms with Gasteiger partial charge in [-0.1, -0.05) is 42.0 Å². The van der Waals surface area contributed by atoms with Crippen LogP contribution in [0.2, 0.25) is 0 Å². The van der Waals surface area contributed by atoms with Crippen LogP contribution in [0, 0.1) is 13.8 Å². The number of amides is 4. The number of nitrogens with one attached hydrogen (secondary N) is 1. The van der Waals surface area contributed by atoms with Crippen molar-refractivity contribution in [1.29, 1.82) is 0 Å². The van der Waals surface area contributed by atoms with Crippen molar-refractivity contribution in [2.24, 2.45) is 0 Å². The molecular weight excluding hydrogens is 304 g/mol. The fourth-order valence-corrected chi connectivity index (χ4v) is 2.49. The Bertz CT molecular complexity index is 866. The van der Waals surface area contributed by atoms with E-state index in [0.29, 0.717) is 5.69 Å². The predicted octanol–water partition coefficient (Wildman–Crippen LogP) is 2.97. The zero-order valence-corrected chi connectivity index (χ0v) is 13.4. The molecule has 1 saturated heterocycles. The van der Waals surface area contributed by atoms with Gasteiger partial charge in [-0.2, -0.15) is 0 Å². The van der Waals surface area contributed by atoms with Crippen molar-refractivity contribution in [3.8, 4) is 0 Å². The quantitative estimate of drug-likeness (QED) is 0.683. The van der Waals surface area contributed by atoms with E-state index in [4.69, 9.17) is 0 Å². The van der Waals surface area contributed by atoms with Crippen molar-refractivity contribution < 1.29 is 14.4 Å². The lowest BCUT2D eigenvalue weighted by Gasteiger charge is -2.26. The molecule has 0 unspecified atom stereocenters. The van der Waals surface area contributed by atoms with Gasteiger partial charge in [0.2, 0.25) is 0 Å². The molecule has 2 aromatic carbocycles. The van der Waals surface area contributed by atoms with Crippen LogP contribution in [0.4, 0.5) is 10.5 Å². The maximum atomic E-state index is 12.7. The maximum absolute atomic E-state index is 12.7. The first-order valence-electron chi connectivity index (χ1n) is 7.51. The lowest BCUT2D eigenvalue weighted by Crippen LogP contribution is -2.54. The van der Waals surface area contributed by atoms with E-state index in [9.17, 15) is 14.4 Å². The number of aryl methyl sites for hydroxylation is 2. The number of barbiturate groups is 1. The van der Waals surface area contributed by atoms with Crippen LogP contribution in [0.5, 0.6) is 0 Å². The first-order valence-corrected chi connectivity index (χ1v) is 7.51. The third kappa shape index (κ3) is 2.84. The molecule has 0 aliphatic carbocycles. The first kappa shape index (κ1) is 15.7. The molecule has 0 atom stereocenters. The Morgan fingerprint density at radius 2 is 1.58 bits per heavy atom. The minimum absolute atomic E-state index is 0.0653. The Labute approximate surface area is 139 Å². The van der Waals surface area contributed by atoms with Gasteiger partial charge in [0, 0.05) is 0 Å². The molecule has 0 saturated carbocycles. The number of hydrogen-bond donors (Lipinski definition) is 1. The number of anilines is 1. The molecular formula is C19H16N2O3. The standard InChI is InChI=1S/C19H16N2O3/c1-12-7-9-15(10-8-12)21-18(23)16(17(22)20-19(21)24)11-14-6-4-3-5-13(14)2/h3-11H,1-2H3,(H,20,22,24)/b16-11+. The number of nitrogens with zero attached hydrogens (tertiary/aromatic N) is 1. The predicted molar refractivity (Wildman–Crippen MR) is 91.4 cm³/mol. The monoisotopic (exact) mass is 320 g/mol. The fourth-order valence-electron chi connectivity index (χ4n) is 2.49. The van der Waals surface area contributed by atoms with E-state index in [2.05, 4.69) is 5.32 Å². The molecule has 0 spiro atoms. The number of carbonyl (C=O) groups is 3. The van der Waals surface area contributed by atoms with Crippen LogP contribution in [0.3, 0.4) is 0 Å². The van der Waals surface area contributed by atoms with E-state index in [1.165, 1.54) is 6.08 Å². The normalized spacial score (nSPS) is 16.5. The number of carbonyl (C=O) groups excluding carboxylic acids is 3. The highest BCUT2D eigenvalue weighted by atomic mass is 16.2. The van der Waals surface area contributed by atoms with Gasteiger partial charge in [-0.3, -0.25) is 14.9 Å². The van der Waals surface area contributed by atoms with Crippen molar-refractivity contribution in [2.75, 3.05) is 4.90 Å². The Morgan fingerprint density at radius 1 is 0.917 bits per heavy atom. The van der Waals surface area contributed by atoms with Crippen molar-refractivity contribution in [3.05, 3.63) is 70.8 Å². The summed E-state index contributed by atoms with van der Waals surface area (Å²) >= 11 is 0. The molecule has 5 heteroatoms. The van der Waals surface area contributed by atoms with Gasteiger partial charge in [-0.05, 0) is 43.2 Å². The SMILES string of the molecule is Cc1ccc(N2C(=O)NC(=O)/C(=C\c3ccccc3C)C2=O)cc1. The molecule has 1 fully saturated rings. The second-order valence-electron chi connectivity index (χ2n) is 5.65. The van der Waals surface area contributed by atoms with Crippen molar-refractivity contribution in [1.82, 2.24) is 5.32 Å². The molecule has 5 nitrogen and oxygen atoms in total. The van der Waals surface area contributed by atoms with E-state index < -0.39 is 17.8 Å². The smallest absolute Gasteiger partial charge is 0.273 e. The second kappa shape index (κ2) is 6.12. The summed E-state index contributed by atoms with van der Waals surface area (Å²) in [5.74, 6) is -1.31. The fraction of sp³-hybridized carbons (Fsp3) is 0.105. The van der Waals surface area contributed by atoms with Crippen LogP contribution in [-0.4, -0.2) is 17.8 Å². The molecule has 1 N–H and O–H groups in total. The van der Waals surface area contributed by atoms with Gasteiger partial charge >= 0.3 is 6.03 Å². The van der Waals surface area contributed by atoms with Crippen LogP contribution >= 0.6 is 0 Å². The minimum atomic E-state index is -0.740. The summed E-state index contributed by atoms with van der Waals surface area (Å²) < 4.78 is 0. The summed E-state index contributed by atoms with van der Waals surface area (Å²) in [6.07, 6.45) is 1.51. The molecule has 0 aromatic heterocycles. The number of hydrogen-bond acceptors (Lipinski definition) is 3. The number of urea groups is 1. The molecule has 1 aliphatic rings. The van der Waals surface area contributed by atoms with Crippen molar-refractivity contribution >= 4 is 29.6 Å². The van der Waals surface area contributed by atoms with Crippen LogP contribution in [0.1, 0.15) is 16.7 Å². The van der Waals surface area contributed by atoms with Crippen molar-refractivity contribution in [3.63, 3.8) is 0 Å². The van der Waals surface area contributed by atoms with Gasteiger partial charge < -0.3 is 0 Å². The summed E-state index contributed by atoms with van der Waals surface area (Å²) in [6.45, 7) is 3.80. The lowest BCUT2D eigenvalue weighted by atomic mass is 10.0. The number of imide groups is 2. The van der Waals surface area contributed by atoms with Crippen molar-refractivity contribution in [2.45, 2.75) is 13.8 Å². The Morgan fingerprint density at radius 3 is 2.25 bits per heavy atom. The molecule has 1 heterocycles. The average Bonchev–Trinajstić information content (AvgIpc) is 2.54. The zero-order chi connectivity index (χ0) is 17.3. The van der Waals surface area contributed by atoms with Gasteiger partial charge in [0.1, 0.15) is 5.57 Å². The zero-order valence-electron chi connectivity index (χ0n) is 13.4. The van der Waals surface area contributed by atoms with E-state index in [0.717, 1.165) is 21.6 Å². The summed E-state index contributed by atoms with van der Waals surface area (Å²) in [4.78, 5) is 37.9.